The topological polar surface area (TPSA) is 30.9 Å². The van der Waals surface area contributed by atoms with Gasteiger partial charge in [-0.15, -0.1) is 0 Å². The number of hydrogen-bond donors (Lipinski definition) is 0. The van der Waals surface area contributed by atoms with Crippen LogP contribution in [0.5, 0.6) is 17.2 Å². The highest BCUT2D eigenvalue weighted by Crippen LogP contribution is 2.36. The van der Waals surface area contributed by atoms with Crippen molar-refractivity contribution >= 4 is 11.6 Å². The second-order valence-electron chi connectivity index (χ2n) is 10.2. The molecule has 0 aromatic heterocycles. The van der Waals surface area contributed by atoms with Crippen LogP contribution >= 0.6 is 11.6 Å². The molecule has 1 heterocycles. The quantitative estimate of drug-likeness (QED) is 0.240. The number of rotatable bonds is 11. The van der Waals surface area contributed by atoms with Crippen LogP contribution in [-0.2, 0) is 13.0 Å². The van der Waals surface area contributed by atoms with Gasteiger partial charge in [-0.25, -0.2) is 0 Å². The van der Waals surface area contributed by atoms with Crippen molar-refractivity contribution in [2.24, 2.45) is 5.92 Å². The lowest BCUT2D eigenvalue weighted by Crippen LogP contribution is -2.23. The largest absolute Gasteiger partial charge is 0.496 e. The number of benzene rings is 3. The molecule has 5 heteroatoms. The molecule has 3 aromatic carbocycles. The molecule has 4 rings (SSSR count). The molecule has 3 aromatic rings. The van der Waals surface area contributed by atoms with Gasteiger partial charge in [-0.05, 0) is 91.1 Å². The minimum Gasteiger partial charge on any atom is -0.496 e. The molecule has 1 aliphatic heterocycles. The van der Waals surface area contributed by atoms with Gasteiger partial charge >= 0.3 is 0 Å². The van der Waals surface area contributed by atoms with Gasteiger partial charge in [0, 0.05) is 19.2 Å². The summed E-state index contributed by atoms with van der Waals surface area (Å²) in [5.74, 6) is 3.22. The van der Waals surface area contributed by atoms with E-state index in [1.54, 1.807) is 7.11 Å². The normalized spacial score (nSPS) is 15.7. The summed E-state index contributed by atoms with van der Waals surface area (Å²) in [7, 11) is 1.67. The Morgan fingerprint density at radius 1 is 0.919 bits per heavy atom. The van der Waals surface area contributed by atoms with Gasteiger partial charge in [0.05, 0.1) is 18.7 Å². The van der Waals surface area contributed by atoms with Crippen LogP contribution in [0.2, 0.25) is 5.02 Å². The molecule has 1 aliphatic rings. The van der Waals surface area contributed by atoms with E-state index in [0.717, 1.165) is 54.5 Å². The Hall–Kier alpha value is -2.69. The minimum absolute atomic E-state index is 0.429. The molecule has 37 heavy (non-hydrogen) atoms. The second-order valence-corrected chi connectivity index (χ2v) is 10.6. The van der Waals surface area contributed by atoms with Gasteiger partial charge in [0.25, 0.3) is 0 Å². The van der Waals surface area contributed by atoms with Crippen molar-refractivity contribution in [2.75, 3.05) is 33.4 Å². The van der Waals surface area contributed by atoms with Crippen LogP contribution in [-0.4, -0.2) is 38.3 Å². The van der Waals surface area contributed by atoms with E-state index >= 15 is 0 Å². The summed E-state index contributed by atoms with van der Waals surface area (Å²) < 4.78 is 17.9. The first kappa shape index (κ1) is 27.3. The zero-order chi connectivity index (χ0) is 26.4. The lowest BCUT2D eigenvalue weighted by atomic mass is 9.93. The van der Waals surface area contributed by atoms with Crippen molar-refractivity contribution in [1.29, 1.82) is 0 Å². The number of aryl methyl sites for hydroxylation is 1. The van der Waals surface area contributed by atoms with E-state index in [0.29, 0.717) is 17.4 Å². The van der Waals surface area contributed by atoms with Crippen molar-refractivity contribution < 1.29 is 14.2 Å². The van der Waals surface area contributed by atoms with Gasteiger partial charge in [0.2, 0.25) is 0 Å². The molecule has 0 unspecified atom stereocenters. The summed E-state index contributed by atoms with van der Waals surface area (Å²) in [5, 5.41) is 0.603. The third-order valence-electron chi connectivity index (χ3n) is 7.50. The third-order valence-corrected chi connectivity index (χ3v) is 7.80. The highest BCUT2D eigenvalue weighted by Gasteiger charge is 2.18. The first-order valence-electron chi connectivity index (χ1n) is 13.4. The molecular weight excluding hydrogens is 482 g/mol. The SMILES string of the molecule is CCc1cc(Cl)c(OCc2cccc(-c3cccc(OCCCN4CC[C@@H](C)C4)c3C)c2C)cc1OC. The number of methoxy groups -OCH3 is 1. The van der Waals surface area contributed by atoms with Gasteiger partial charge in [0.15, 0.2) is 0 Å². The molecule has 0 radical (unpaired) electrons. The molecule has 0 amide bonds. The summed E-state index contributed by atoms with van der Waals surface area (Å²) in [6, 6.07) is 16.5. The zero-order valence-electron chi connectivity index (χ0n) is 22.9. The maximum Gasteiger partial charge on any atom is 0.142 e. The highest BCUT2D eigenvalue weighted by atomic mass is 35.5. The Balaban J connectivity index is 1.45. The van der Waals surface area contributed by atoms with Crippen LogP contribution in [0, 0.1) is 19.8 Å². The van der Waals surface area contributed by atoms with Crippen molar-refractivity contribution in [3.8, 4) is 28.4 Å². The minimum atomic E-state index is 0.429. The molecule has 1 atom stereocenters. The van der Waals surface area contributed by atoms with Crippen LogP contribution in [0.3, 0.4) is 0 Å². The van der Waals surface area contributed by atoms with Crippen LogP contribution in [0.1, 0.15) is 48.9 Å². The van der Waals surface area contributed by atoms with Crippen LogP contribution in [0.4, 0.5) is 0 Å². The van der Waals surface area contributed by atoms with Gasteiger partial charge in [0.1, 0.15) is 23.9 Å². The van der Waals surface area contributed by atoms with E-state index in [4.69, 9.17) is 25.8 Å². The Morgan fingerprint density at radius 3 is 2.38 bits per heavy atom. The summed E-state index contributed by atoms with van der Waals surface area (Å²) >= 11 is 6.51. The van der Waals surface area contributed by atoms with Gasteiger partial charge < -0.3 is 19.1 Å². The predicted octanol–water partition coefficient (Wildman–Crippen LogP) is 7.88. The van der Waals surface area contributed by atoms with Crippen molar-refractivity contribution in [2.45, 2.75) is 53.6 Å². The van der Waals surface area contributed by atoms with E-state index < -0.39 is 0 Å². The summed E-state index contributed by atoms with van der Waals surface area (Å²) in [5.41, 5.74) is 6.94. The van der Waals surface area contributed by atoms with E-state index in [-0.39, 0.29) is 0 Å². The van der Waals surface area contributed by atoms with Gasteiger partial charge in [-0.2, -0.15) is 0 Å². The van der Waals surface area contributed by atoms with Crippen LogP contribution in [0.15, 0.2) is 48.5 Å². The van der Waals surface area contributed by atoms with Crippen LogP contribution < -0.4 is 14.2 Å². The Bertz CT molecular complexity index is 1210. The average Bonchev–Trinajstić information content (AvgIpc) is 3.32. The molecule has 4 nitrogen and oxygen atoms in total. The fourth-order valence-electron chi connectivity index (χ4n) is 5.20. The molecular formula is C32H40ClNO3. The fraction of sp³-hybridized carbons (Fsp3) is 0.438. The number of likely N-dealkylation sites (tertiary alicyclic amines) is 1. The van der Waals surface area contributed by atoms with Gasteiger partial charge in [-0.3, -0.25) is 0 Å². The predicted molar refractivity (Wildman–Crippen MR) is 153 cm³/mol. The maximum absolute atomic E-state index is 6.51. The maximum atomic E-state index is 6.51. The number of halogens is 1. The van der Waals surface area contributed by atoms with Crippen molar-refractivity contribution in [1.82, 2.24) is 4.90 Å². The first-order valence-corrected chi connectivity index (χ1v) is 13.8. The summed E-state index contributed by atoms with van der Waals surface area (Å²) in [6.07, 6.45) is 3.22. The van der Waals surface area contributed by atoms with Crippen molar-refractivity contribution in [3.05, 3.63) is 75.8 Å². The van der Waals surface area contributed by atoms with Crippen LogP contribution in [0.25, 0.3) is 11.1 Å². The summed E-state index contributed by atoms with van der Waals surface area (Å²) in [6.45, 7) is 13.4. The van der Waals surface area contributed by atoms with Crippen molar-refractivity contribution in [3.63, 3.8) is 0 Å². The molecule has 0 N–H and O–H groups in total. The number of ether oxygens (including phenoxy) is 3. The lowest BCUT2D eigenvalue weighted by molar-refractivity contribution is 0.259. The molecule has 0 spiro atoms. The Labute approximate surface area is 227 Å². The van der Waals surface area contributed by atoms with E-state index in [1.807, 2.05) is 12.1 Å². The zero-order valence-corrected chi connectivity index (χ0v) is 23.7. The van der Waals surface area contributed by atoms with E-state index in [2.05, 4.69) is 69.0 Å². The smallest absolute Gasteiger partial charge is 0.142 e. The highest BCUT2D eigenvalue weighted by molar-refractivity contribution is 6.32. The lowest BCUT2D eigenvalue weighted by Gasteiger charge is -2.18. The van der Waals surface area contributed by atoms with E-state index in [9.17, 15) is 0 Å². The van der Waals surface area contributed by atoms with E-state index in [1.165, 1.54) is 41.8 Å². The number of hydrogen-bond acceptors (Lipinski definition) is 4. The molecule has 0 aliphatic carbocycles. The molecule has 1 saturated heterocycles. The Kier molecular flexibility index (Phi) is 9.39. The number of nitrogens with zero attached hydrogens (tertiary/aromatic N) is 1. The molecule has 1 fully saturated rings. The first-order chi connectivity index (χ1) is 17.9. The standard InChI is InChI=1S/C32H40ClNO3/c1-6-25-18-29(33)32(19-31(25)35-5)37-21-26-10-7-11-27(23(26)3)28-12-8-13-30(24(28)4)36-17-9-15-34-16-14-22(2)20-34/h7-8,10-13,18-19,22H,6,9,14-17,20-21H2,1-5H3/t22-/m1/s1. The molecule has 0 bridgehead atoms. The Morgan fingerprint density at radius 2 is 1.68 bits per heavy atom. The molecule has 198 valence electrons. The van der Waals surface area contributed by atoms with Gasteiger partial charge in [-0.1, -0.05) is 55.8 Å². The summed E-state index contributed by atoms with van der Waals surface area (Å²) in [4.78, 5) is 2.55. The molecule has 0 saturated carbocycles. The fourth-order valence-corrected chi connectivity index (χ4v) is 5.44. The average molecular weight is 522 g/mol. The third kappa shape index (κ3) is 6.61. The monoisotopic (exact) mass is 521 g/mol. The second kappa shape index (κ2) is 12.7.